The van der Waals surface area contributed by atoms with Gasteiger partial charge in [0.25, 0.3) is 0 Å². The standard InChI is InChI=1S/C13H13Br2NO2.C13H14BrNO3/c14-5-1-2-6-17-11-7-12(8-11)18-13-4-3-10(15)9-16-13;14-10-3-4-13(15-9-10)18-12-7-11(8-12)17-6-2-1-5-16/h3-4,9,11-12H,5-8H2;3-4,9,11-12,16H,5-8H2. The summed E-state index contributed by atoms with van der Waals surface area (Å²) in [7, 11) is 0. The number of hydrogen-bond acceptors (Lipinski definition) is 7. The minimum absolute atomic E-state index is 0.116. The number of alkyl halides is 1. The van der Waals surface area contributed by atoms with E-state index >= 15 is 0 Å². The Morgan fingerprint density at radius 3 is 1.58 bits per heavy atom. The maximum atomic E-state index is 8.47. The highest BCUT2D eigenvalue weighted by atomic mass is 79.9. The summed E-state index contributed by atoms with van der Waals surface area (Å²) in [4.78, 5) is 8.33. The van der Waals surface area contributed by atoms with E-state index in [0.717, 1.165) is 34.6 Å². The lowest BCUT2D eigenvalue weighted by molar-refractivity contribution is -0.0511. The van der Waals surface area contributed by atoms with E-state index in [4.69, 9.17) is 24.1 Å². The highest BCUT2D eigenvalue weighted by Crippen LogP contribution is 2.28. The van der Waals surface area contributed by atoms with E-state index in [1.54, 1.807) is 12.4 Å². The molecule has 0 unspecified atom stereocenters. The quantitative estimate of drug-likeness (QED) is 0.312. The Kier molecular flexibility index (Phi) is 13.0. The molecule has 0 bridgehead atoms. The van der Waals surface area contributed by atoms with E-state index in [9.17, 15) is 0 Å². The van der Waals surface area contributed by atoms with E-state index in [2.05, 4.69) is 81.4 Å². The monoisotopic (exact) mass is 684 g/mol. The van der Waals surface area contributed by atoms with Crippen LogP contribution in [0.1, 0.15) is 25.7 Å². The third kappa shape index (κ3) is 10.8. The van der Waals surface area contributed by atoms with Crippen LogP contribution in [-0.4, -0.2) is 64.6 Å². The molecule has 2 aromatic rings. The maximum Gasteiger partial charge on any atom is 0.213 e. The summed E-state index contributed by atoms with van der Waals surface area (Å²) in [6, 6.07) is 7.52. The van der Waals surface area contributed by atoms with Gasteiger partial charge in [-0.3, -0.25) is 0 Å². The van der Waals surface area contributed by atoms with Crippen LogP contribution in [0.2, 0.25) is 0 Å². The molecular weight excluding hydrogens is 660 g/mol. The highest BCUT2D eigenvalue weighted by Gasteiger charge is 2.32. The largest absolute Gasteiger partial charge is 0.474 e. The van der Waals surface area contributed by atoms with Gasteiger partial charge in [0.15, 0.2) is 0 Å². The van der Waals surface area contributed by atoms with Crippen molar-refractivity contribution < 1.29 is 24.1 Å². The number of aromatic nitrogens is 2. The third-order valence-electron chi connectivity index (χ3n) is 5.26. The van der Waals surface area contributed by atoms with Gasteiger partial charge < -0.3 is 24.1 Å². The van der Waals surface area contributed by atoms with Gasteiger partial charge in [0.1, 0.15) is 32.0 Å². The van der Waals surface area contributed by atoms with Gasteiger partial charge in [-0.1, -0.05) is 39.6 Å². The molecule has 0 saturated heterocycles. The van der Waals surface area contributed by atoms with Crippen LogP contribution in [-0.2, 0) is 9.47 Å². The van der Waals surface area contributed by atoms with Gasteiger partial charge in [-0.05, 0) is 44.0 Å². The first-order chi connectivity index (χ1) is 17.6. The number of aliphatic hydroxyl groups is 1. The van der Waals surface area contributed by atoms with E-state index in [1.165, 1.54) is 0 Å². The summed E-state index contributed by atoms with van der Waals surface area (Å²) in [5, 5.41) is 9.17. The molecule has 1 N–H and O–H groups in total. The van der Waals surface area contributed by atoms with Crippen LogP contribution in [0.4, 0.5) is 0 Å². The Morgan fingerprint density at radius 2 is 1.19 bits per heavy atom. The molecule has 0 aromatic carbocycles. The highest BCUT2D eigenvalue weighted by molar-refractivity contribution is 9.10. The number of halogens is 3. The van der Waals surface area contributed by atoms with E-state index in [-0.39, 0.29) is 31.0 Å². The Morgan fingerprint density at radius 1 is 0.722 bits per heavy atom. The Hall–Kier alpha value is -1.66. The number of hydrogen-bond donors (Lipinski definition) is 1. The molecule has 2 saturated carbocycles. The Balaban J connectivity index is 0.000000201. The number of pyridine rings is 2. The normalized spacial score (nSPS) is 21.7. The van der Waals surface area contributed by atoms with Crippen molar-refractivity contribution in [1.82, 2.24) is 9.97 Å². The summed E-state index contributed by atoms with van der Waals surface area (Å²) in [5.41, 5.74) is 0. The van der Waals surface area contributed by atoms with Crippen LogP contribution < -0.4 is 9.47 Å². The van der Waals surface area contributed by atoms with Gasteiger partial charge in [-0.2, -0.15) is 0 Å². The predicted octanol–water partition coefficient (Wildman–Crippen LogP) is 4.94. The van der Waals surface area contributed by atoms with Crippen molar-refractivity contribution >= 4 is 47.8 Å². The predicted molar refractivity (Wildman–Crippen MR) is 147 cm³/mol. The molecule has 0 aliphatic heterocycles. The number of nitrogens with zero attached hydrogens (tertiary/aromatic N) is 2. The lowest BCUT2D eigenvalue weighted by Gasteiger charge is -2.34. The molecule has 0 radical (unpaired) electrons. The summed E-state index contributed by atoms with van der Waals surface area (Å²) in [5.74, 6) is 12.4. The summed E-state index contributed by atoms with van der Waals surface area (Å²) in [6.07, 6.45) is 7.86. The van der Waals surface area contributed by atoms with Crippen LogP contribution >= 0.6 is 47.8 Å². The van der Waals surface area contributed by atoms with E-state index in [0.29, 0.717) is 30.3 Å². The average molecular weight is 687 g/mol. The molecule has 0 atom stereocenters. The molecule has 192 valence electrons. The Bertz CT molecular complexity index is 950. The van der Waals surface area contributed by atoms with Gasteiger partial charge in [0.2, 0.25) is 11.8 Å². The lowest BCUT2D eigenvalue weighted by Crippen LogP contribution is -2.39. The van der Waals surface area contributed by atoms with Crippen LogP contribution in [0, 0.1) is 23.7 Å². The second kappa shape index (κ2) is 16.2. The van der Waals surface area contributed by atoms with Crippen LogP contribution in [0.25, 0.3) is 0 Å². The minimum Gasteiger partial charge on any atom is -0.474 e. The molecule has 36 heavy (non-hydrogen) atoms. The van der Waals surface area contributed by atoms with Crippen molar-refractivity contribution in [3.8, 4) is 35.4 Å². The molecule has 7 nitrogen and oxygen atoms in total. The molecular formula is C26H27Br3N2O5. The third-order valence-corrected chi connectivity index (χ3v) is 6.48. The van der Waals surface area contributed by atoms with E-state index < -0.39 is 0 Å². The summed E-state index contributed by atoms with van der Waals surface area (Å²) in [6.45, 7) is 0.753. The molecule has 2 aliphatic carbocycles. The summed E-state index contributed by atoms with van der Waals surface area (Å²) < 4.78 is 24.3. The van der Waals surface area contributed by atoms with Crippen LogP contribution in [0.3, 0.4) is 0 Å². The summed E-state index contributed by atoms with van der Waals surface area (Å²) >= 11 is 9.90. The fraction of sp³-hybridized carbons (Fsp3) is 0.462. The Labute approximate surface area is 237 Å². The smallest absolute Gasteiger partial charge is 0.213 e. The fourth-order valence-electron chi connectivity index (χ4n) is 3.23. The van der Waals surface area contributed by atoms with Crippen molar-refractivity contribution in [2.75, 3.05) is 25.2 Å². The molecule has 0 amide bonds. The fourth-order valence-corrected chi connectivity index (χ4v) is 3.90. The van der Waals surface area contributed by atoms with Crippen LogP contribution in [0.15, 0.2) is 45.6 Å². The minimum atomic E-state index is -0.116. The molecule has 2 aliphatic rings. The van der Waals surface area contributed by atoms with Gasteiger partial charge in [0, 0.05) is 59.2 Å². The zero-order valence-electron chi connectivity index (χ0n) is 19.5. The molecule has 0 spiro atoms. The first-order valence-corrected chi connectivity index (χ1v) is 14.1. The SMILES string of the molecule is BrCC#CCOC1CC(Oc2ccc(Br)cn2)C1.OCC#CCOC1CC(Oc2ccc(Br)cn2)C1. The van der Waals surface area contributed by atoms with Crippen molar-refractivity contribution in [2.24, 2.45) is 0 Å². The van der Waals surface area contributed by atoms with Crippen molar-refractivity contribution in [1.29, 1.82) is 0 Å². The number of aliphatic hydroxyl groups excluding tert-OH is 1. The first-order valence-electron chi connectivity index (χ1n) is 11.4. The second-order valence-corrected chi connectivity index (χ2v) is 10.3. The van der Waals surface area contributed by atoms with E-state index in [1.807, 2.05) is 24.3 Å². The molecule has 10 heteroatoms. The molecule has 2 heterocycles. The number of rotatable bonds is 8. The van der Waals surface area contributed by atoms with Crippen molar-refractivity contribution in [2.45, 2.75) is 50.1 Å². The molecule has 2 aromatic heterocycles. The van der Waals surface area contributed by atoms with Gasteiger partial charge in [-0.15, -0.1) is 0 Å². The van der Waals surface area contributed by atoms with Gasteiger partial charge in [-0.25, -0.2) is 9.97 Å². The van der Waals surface area contributed by atoms with Crippen molar-refractivity contribution in [3.63, 3.8) is 0 Å². The topological polar surface area (TPSA) is 82.9 Å². The van der Waals surface area contributed by atoms with Crippen molar-refractivity contribution in [3.05, 3.63) is 45.6 Å². The molecule has 2 fully saturated rings. The van der Waals surface area contributed by atoms with Gasteiger partial charge in [0.05, 0.1) is 17.5 Å². The van der Waals surface area contributed by atoms with Gasteiger partial charge >= 0.3 is 0 Å². The maximum absolute atomic E-state index is 8.47. The zero-order chi connectivity index (χ0) is 25.6. The first kappa shape index (κ1) is 28.9. The molecule has 4 rings (SSSR count). The second-order valence-electron chi connectivity index (χ2n) is 7.92. The van der Waals surface area contributed by atoms with Crippen LogP contribution in [0.5, 0.6) is 11.8 Å². The number of ether oxygens (including phenoxy) is 4. The average Bonchev–Trinajstić information content (AvgIpc) is 2.83. The zero-order valence-corrected chi connectivity index (χ0v) is 24.3. The lowest BCUT2D eigenvalue weighted by atomic mass is 9.92.